The first kappa shape index (κ1) is 12.4. The van der Waals surface area contributed by atoms with E-state index in [0.29, 0.717) is 0 Å². The Hall–Kier alpha value is -1.64. The van der Waals surface area contributed by atoms with Crippen molar-refractivity contribution < 1.29 is 10.2 Å². The van der Waals surface area contributed by atoms with Crippen molar-refractivity contribution in [1.82, 2.24) is 0 Å². The highest BCUT2D eigenvalue weighted by Crippen LogP contribution is 2.42. The Morgan fingerprint density at radius 3 is 1.89 bits per heavy atom. The Labute approximate surface area is 113 Å². The first-order valence-corrected chi connectivity index (χ1v) is 6.67. The van der Waals surface area contributed by atoms with Gasteiger partial charge in [-0.05, 0) is 29.2 Å². The van der Waals surface area contributed by atoms with Crippen LogP contribution in [0, 0.1) is 6.92 Å². The van der Waals surface area contributed by atoms with Crippen LogP contribution in [0.3, 0.4) is 0 Å². The van der Waals surface area contributed by atoms with Gasteiger partial charge in [-0.3, -0.25) is 0 Å². The summed E-state index contributed by atoms with van der Waals surface area (Å²) in [5, 5.41) is 19.5. The minimum atomic E-state index is 0.0221. The molecule has 1 aliphatic carbocycles. The SMILES string of the molecule is Cc1ccc2c(c1)[C@@H](CO)c1ccccc1[C@@H]2CO. The van der Waals surface area contributed by atoms with Crippen LogP contribution in [0.1, 0.15) is 39.7 Å². The normalized spacial score (nSPS) is 20.8. The summed E-state index contributed by atoms with van der Waals surface area (Å²) in [4.78, 5) is 0. The van der Waals surface area contributed by atoms with Crippen LogP contribution in [0.25, 0.3) is 0 Å². The van der Waals surface area contributed by atoms with Gasteiger partial charge in [0.25, 0.3) is 0 Å². The maximum absolute atomic E-state index is 9.77. The Morgan fingerprint density at radius 1 is 0.789 bits per heavy atom. The monoisotopic (exact) mass is 254 g/mol. The van der Waals surface area contributed by atoms with Gasteiger partial charge in [-0.2, -0.15) is 0 Å². The topological polar surface area (TPSA) is 40.5 Å². The molecule has 2 aromatic carbocycles. The zero-order chi connectivity index (χ0) is 13.4. The molecule has 0 saturated carbocycles. The smallest absolute Gasteiger partial charge is 0.0540 e. The molecule has 0 unspecified atom stereocenters. The summed E-state index contributed by atoms with van der Waals surface area (Å²) >= 11 is 0. The van der Waals surface area contributed by atoms with Crippen molar-refractivity contribution >= 4 is 0 Å². The summed E-state index contributed by atoms with van der Waals surface area (Å²) in [6.07, 6.45) is 0. The quantitative estimate of drug-likeness (QED) is 0.864. The van der Waals surface area contributed by atoms with Gasteiger partial charge in [0, 0.05) is 11.8 Å². The molecule has 1 aliphatic rings. The largest absolute Gasteiger partial charge is 0.395 e. The van der Waals surface area contributed by atoms with Crippen molar-refractivity contribution in [2.75, 3.05) is 13.2 Å². The molecular formula is C17H18O2. The number of rotatable bonds is 2. The molecule has 98 valence electrons. The molecule has 0 aromatic heterocycles. The molecule has 2 atom stereocenters. The van der Waals surface area contributed by atoms with Gasteiger partial charge < -0.3 is 10.2 Å². The number of aryl methyl sites for hydroxylation is 1. The molecule has 2 heteroatoms. The summed E-state index contributed by atoms with van der Waals surface area (Å²) in [6.45, 7) is 2.26. The molecule has 0 heterocycles. The highest BCUT2D eigenvalue weighted by atomic mass is 16.3. The Bertz CT molecular complexity index is 604. The molecule has 0 bridgehead atoms. The van der Waals surface area contributed by atoms with Gasteiger partial charge in [-0.15, -0.1) is 0 Å². The molecule has 0 aliphatic heterocycles. The zero-order valence-corrected chi connectivity index (χ0v) is 11.0. The van der Waals surface area contributed by atoms with Crippen LogP contribution in [-0.4, -0.2) is 23.4 Å². The first-order valence-electron chi connectivity index (χ1n) is 6.67. The van der Waals surface area contributed by atoms with Gasteiger partial charge in [0.15, 0.2) is 0 Å². The number of fused-ring (bicyclic) bond motifs is 2. The third-order valence-electron chi connectivity index (χ3n) is 4.11. The predicted octanol–water partition coefficient (Wildman–Crippen LogP) is 2.56. The maximum atomic E-state index is 9.77. The maximum Gasteiger partial charge on any atom is 0.0540 e. The van der Waals surface area contributed by atoms with Gasteiger partial charge in [-0.1, -0.05) is 48.0 Å². The number of aliphatic hydroxyl groups is 2. The number of hydrogen-bond acceptors (Lipinski definition) is 2. The fourth-order valence-electron chi connectivity index (χ4n) is 3.19. The van der Waals surface area contributed by atoms with E-state index in [1.807, 2.05) is 12.1 Å². The van der Waals surface area contributed by atoms with Crippen LogP contribution in [0.5, 0.6) is 0 Å². The average molecular weight is 254 g/mol. The van der Waals surface area contributed by atoms with E-state index in [2.05, 4.69) is 37.3 Å². The Balaban J connectivity index is 2.26. The summed E-state index contributed by atoms with van der Waals surface area (Å²) in [6, 6.07) is 14.4. The van der Waals surface area contributed by atoms with Crippen LogP contribution in [-0.2, 0) is 0 Å². The summed E-state index contributed by atoms with van der Waals surface area (Å²) in [5.41, 5.74) is 5.77. The van der Waals surface area contributed by atoms with Crippen LogP contribution < -0.4 is 0 Å². The van der Waals surface area contributed by atoms with E-state index in [9.17, 15) is 10.2 Å². The molecule has 2 aromatic rings. The molecule has 19 heavy (non-hydrogen) atoms. The zero-order valence-electron chi connectivity index (χ0n) is 11.0. The Morgan fingerprint density at radius 2 is 1.32 bits per heavy atom. The minimum absolute atomic E-state index is 0.0221. The van der Waals surface area contributed by atoms with E-state index >= 15 is 0 Å². The van der Waals surface area contributed by atoms with Gasteiger partial charge in [0.05, 0.1) is 13.2 Å². The van der Waals surface area contributed by atoms with Gasteiger partial charge >= 0.3 is 0 Å². The second-order valence-corrected chi connectivity index (χ2v) is 5.23. The second kappa shape index (κ2) is 4.80. The molecule has 2 N–H and O–H groups in total. The van der Waals surface area contributed by atoms with E-state index < -0.39 is 0 Å². The van der Waals surface area contributed by atoms with Crippen LogP contribution >= 0.6 is 0 Å². The van der Waals surface area contributed by atoms with E-state index in [-0.39, 0.29) is 25.0 Å². The number of hydrogen-bond donors (Lipinski definition) is 2. The van der Waals surface area contributed by atoms with Crippen LogP contribution in [0.15, 0.2) is 42.5 Å². The highest BCUT2D eigenvalue weighted by Gasteiger charge is 2.31. The van der Waals surface area contributed by atoms with Crippen molar-refractivity contribution in [3.8, 4) is 0 Å². The lowest BCUT2D eigenvalue weighted by atomic mass is 9.72. The van der Waals surface area contributed by atoms with Crippen LogP contribution in [0.2, 0.25) is 0 Å². The van der Waals surface area contributed by atoms with Gasteiger partial charge in [0.2, 0.25) is 0 Å². The third-order valence-corrected chi connectivity index (χ3v) is 4.11. The number of benzene rings is 2. The van der Waals surface area contributed by atoms with E-state index in [4.69, 9.17) is 0 Å². The van der Waals surface area contributed by atoms with E-state index in [1.54, 1.807) is 0 Å². The van der Waals surface area contributed by atoms with Gasteiger partial charge in [0.1, 0.15) is 0 Å². The lowest BCUT2D eigenvalue weighted by molar-refractivity contribution is 0.262. The molecule has 2 nitrogen and oxygen atoms in total. The fraction of sp³-hybridized carbons (Fsp3) is 0.294. The molecule has 0 amide bonds. The van der Waals surface area contributed by atoms with Crippen molar-refractivity contribution in [1.29, 1.82) is 0 Å². The summed E-state index contributed by atoms with van der Waals surface area (Å²) in [7, 11) is 0. The van der Waals surface area contributed by atoms with Crippen LogP contribution in [0.4, 0.5) is 0 Å². The minimum Gasteiger partial charge on any atom is -0.395 e. The lowest BCUT2D eigenvalue weighted by Crippen LogP contribution is -2.22. The summed E-state index contributed by atoms with van der Waals surface area (Å²) in [5.74, 6) is 0.0449. The standard InChI is InChI=1S/C17H18O2/c1-11-6-7-14-15(8-11)17(10-19)13-5-3-2-4-12(13)16(14)9-18/h2-8,16-19H,9-10H2,1H3/t16-,17-/m0/s1. The first-order chi connectivity index (χ1) is 9.26. The van der Waals surface area contributed by atoms with Crippen molar-refractivity contribution in [2.24, 2.45) is 0 Å². The Kier molecular flexibility index (Phi) is 3.13. The van der Waals surface area contributed by atoms with E-state index in [1.165, 1.54) is 5.56 Å². The lowest BCUT2D eigenvalue weighted by Gasteiger charge is -2.32. The average Bonchev–Trinajstić information content (AvgIpc) is 2.44. The molecular weight excluding hydrogens is 236 g/mol. The fourth-order valence-corrected chi connectivity index (χ4v) is 3.19. The molecule has 0 spiro atoms. The second-order valence-electron chi connectivity index (χ2n) is 5.23. The van der Waals surface area contributed by atoms with Crippen molar-refractivity contribution in [3.05, 3.63) is 70.3 Å². The van der Waals surface area contributed by atoms with Crippen molar-refractivity contribution in [2.45, 2.75) is 18.8 Å². The number of aliphatic hydroxyl groups excluding tert-OH is 2. The van der Waals surface area contributed by atoms with Gasteiger partial charge in [-0.25, -0.2) is 0 Å². The molecule has 0 saturated heterocycles. The predicted molar refractivity (Wildman–Crippen MR) is 75.5 cm³/mol. The highest BCUT2D eigenvalue weighted by molar-refractivity contribution is 5.53. The molecule has 0 radical (unpaired) electrons. The molecule has 0 fully saturated rings. The van der Waals surface area contributed by atoms with Crippen molar-refractivity contribution in [3.63, 3.8) is 0 Å². The molecule has 3 rings (SSSR count). The van der Waals surface area contributed by atoms with E-state index in [0.717, 1.165) is 22.3 Å². The third kappa shape index (κ3) is 1.88. The summed E-state index contributed by atoms with van der Waals surface area (Å²) < 4.78 is 0.